The zero-order chi connectivity index (χ0) is 17.6. The molecule has 1 aliphatic rings. The highest BCUT2D eigenvalue weighted by atomic mass is 16.6. The summed E-state index contributed by atoms with van der Waals surface area (Å²) >= 11 is 0. The molecular weight excluding hydrogens is 318 g/mol. The van der Waals surface area contributed by atoms with E-state index in [0.717, 1.165) is 11.1 Å². The van der Waals surface area contributed by atoms with Gasteiger partial charge < -0.3 is 25.1 Å². The number of nitrogens with two attached hydrogens (primary N) is 1. The predicted octanol–water partition coefficient (Wildman–Crippen LogP) is 2.22. The van der Waals surface area contributed by atoms with E-state index >= 15 is 0 Å². The highest BCUT2D eigenvalue weighted by molar-refractivity contribution is 5.14. The Morgan fingerprint density at radius 2 is 1.36 bits per heavy atom. The zero-order valence-corrected chi connectivity index (χ0v) is 14.3. The van der Waals surface area contributed by atoms with Crippen molar-refractivity contribution in [2.75, 3.05) is 0 Å². The molecule has 2 aromatic rings. The van der Waals surface area contributed by atoms with Gasteiger partial charge in [0, 0.05) is 0 Å². The molecule has 5 nitrogen and oxygen atoms in total. The van der Waals surface area contributed by atoms with Gasteiger partial charge in [0.05, 0.1) is 25.4 Å². The number of benzene rings is 2. The molecular formula is C20H25NO4. The minimum Gasteiger partial charge on any atom is -0.369 e. The lowest BCUT2D eigenvalue weighted by molar-refractivity contribution is -0.260. The third-order valence-electron chi connectivity index (χ3n) is 4.42. The molecule has 1 aliphatic heterocycles. The van der Waals surface area contributed by atoms with Gasteiger partial charge in [0.25, 0.3) is 0 Å². The first-order valence-electron chi connectivity index (χ1n) is 8.55. The number of aliphatic hydroxyl groups is 1. The summed E-state index contributed by atoms with van der Waals surface area (Å²) < 4.78 is 17.6. The van der Waals surface area contributed by atoms with E-state index in [1.54, 1.807) is 0 Å². The molecule has 3 rings (SSSR count). The Kier molecular flexibility index (Phi) is 6.18. The first-order chi connectivity index (χ1) is 12.1. The highest BCUT2D eigenvalue weighted by Crippen LogP contribution is 2.25. The van der Waals surface area contributed by atoms with Crippen LogP contribution < -0.4 is 5.73 Å². The average molecular weight is 343 g/mol. The van der Waals surface area contributed by atoms with E-state index in [-0.39, 0.29) is 12.2 Å². The monoisotopic (exact) mass is 343 g/mol. The van der Waals surface area contributed by atoms with E-state index in [1.165, 1.54) is 0 Å². The van der Waals surface area contributed by atoms with Crippen LogP contribution >= 0.6 is 0 Å². The Labute approximate surface area is 148 Å². The molecule has 0 amide bonds. The van der Waals surface area contributed by atoms with Crippen LogP contribution in [0.4, 0.5) is 0 Å². The lowest BCUT2D eigenvalue weighted by Gasteiger charge is -2.42. The molecule has 0 aromatic heterocycles. The van der Waals surface area contributed by atoms with Crippen molar-refractivity contribution >= 4 is 0 Å². The molecule has 0 saturated carbocycles. The summed E-state index contributed by atoms with van der Waals surface area (Å²) in [5.41, 5.74) is 8.24. The molecule has 5 atom stereocenters. The van der Waals surface area contributed by atoms with Gasteiger partial charge in [-0.05, 0) is 18.1 Å². The fourth-order valence-corrected chi connectivity index (χ4v) is 3.01. The van der Waals surface area contributed by atoms with E-state index in [1.807, 2.05) is 67.6 Å². The Morgan fingerprint density at radius 1 is 0.880 bits per heavy atom. The van der Waals surface area contributed by atoms with Crippen LogP contribution in [0.2, 0.25) is 0 Å². The first kappa shape index (κ1) is 18.0. The van der Waals surface area contributed by atoms with Crippen molar-refractivity contribution in [2.24, 2.45) is 5.73 Å². The first-order valence-corrected chi connectivity index (χ1v) is 8.55. The van der Waals surface area contributed by atoms with Gasteiger partial charge in [0.1, 0.15) is 12.2 Å². The van der Waals surface area contributed by atoms with E-state index in [4.69, 9.17) is 19.9 Å². The normalized spacial score (nSPS) is 29.5. The van der Waals surface area contributed by atoms with E-state index in [9.17, 15) is 5.11 Å². The minimum atomic E-state index is -1.06. The van der Waals surface area contributed by atoms with Gasteiger partial charge in [0.2, 0.25) is 0 Å². The Morgan fingerprint density at radius 3 is 1.88 bits per heavy atom. The van der Waals surface area contributed by atoms with Crippen LogP contribution in [0, 0.1) is 0 Å². The Balaban J connectivity index is 1.67. The SMILES string of the molecule is CC1OC(O)C(N)C(OCc2ccccc2)C1OCc1ccccc1. The maximum absolute atomic E-state index is 10.0. The van der Waals surface area contributed by atoms with Crippen LogP contribution in [0.1, 0.15) is 18.1 Å². The van der Waals surface area contributed by atoms with Gasteiger partial charge in [-0.15, -0.1) is 0 Å². The fraction of sp³-hybridized carbons (Fsp3) is 0.400. The summed E-state index contributed by atoms with van der Waals surface area (Å²) in [6, 6.07) is 19.1. The van der Waals surface area contributed by atoms with Crippen molar-refractivity contribution in [2.45, 2.75) is 50.8 Å². The fourth-order valence-electron chi connectivity index (χ4n) is 3.01. The van der Waals surface area contributed by atoms with Gasteiger partial charge in [-0.3, -0.25) is 0 Å². The molecule has 5 unspecified atom stereocenters. The lowest BCUT2D eigenvalue weighted by Crippen LogP contribution is -2.61. The Hall–Kier alpha value is -1.76. The van der Waals surface area contributed by atoms with Crippen molar-refractivity contribution in [3.05, 3.63) is 71.8 Å². The minimum absolute atomic E-state index is 0.320. The van der Waals surface area contributed by atoms with Crippen LogP contribution in [0.25, 0.3) is 0 Å². The van der Waals surface area contributed by atoms with Gasteiger partial charge in [0.15, 0.2) is 6.29 Å². The molecule has 1 heterocycles. The van der Waals surface area contributed by atoms with Crippen LogP contribution in [0.5, 0.6) is 0 Å². The van der Waals surface area contributed by atoms with E-state index < -0.39 is 18.4 Å². The molecule has 2 aromatic carbocycles. The summed E-state index contributed by atoms with van der Waals surface area (Å²) in [6.07, 6.45) is -2.20. The van der Waals surface area contributed by atoms with Crippen molar-refractivity contribution in [1.29, 1.82) is 0 Å². The number of aliphatic hydroxyl groups excluding tert-OH is 1. The molecule has 0 spiro atoms. The number of rotatable bonds is 6. The number of hydrogen-bond acceptors (Lipinski definition) is 5. The van der Waals surface area contributed by atoms with Gasteiger partial charge in [-0.25, -0.2) is 0 Å². The van der Waals surface area contributed by atoms with Crippen LogP contribution in [0.3, 0.4) is 0 Å². The van der Waals surface area contributed by atoms with Gasteiger partial charge >= 0.3 is 0 Å². The largest absolute Gasteiger partial charge is 0.369 e. The standard InChI is InChI=1S/C20H25NO4/c1-14-18(23-12-15-8-4-2-5-9-15)19(17(21)20(22)25-14)24-13-16-10-6-3-7-11-16/h2-11,14,17-20,22H,12-13,21H2,1H3. The van der Waals surface area contributed by atoms with Crippen molar-refractivity contribution < 1.29 is 19.3 Å². The zero-order valence-electron chi connectivity index (χ0n) is 14.3. The predicted molar refractivity (Wildman–Crippen MR) is 94.6 cm³/mol. The summed E-state index contributed by atoms with van der Waals surface area (Å²) in [4.78, 5) is 0. The maximum Gasteiger partial charge on any atom is 0.172 e. The average Bonchev–Trinajstić information content (AvgIpc) is 2.64. The molecule has 3 N–H and O–H groups in total. The van der Waals surface area contributed by atoms with Crippen molar-refractivity contribution in [3.8, 4) is 0 Å². The second-order valence-corrected chi connectivity index (χ2v) is 6.33. The van der Waals surface area contributed by atoms with Crippen molar-refractivity contribution in [1.82, 2.24) is 0 Å². The maximum atomic E-state index is 10.0. The molecule has 25 heavy (non-hydrogen) atoms. The highest BCUT2D eigenvalue weighted by Gasteiger charge is 2.43. The summed E-state index contributed by atoms with van der Waals surface area (Å²) in [6.45, 7) is 2.71. The smallest absolute Gasteiger partial charge is 0.172 e. The summed E-state index contributed by atoms with van der Waals surface area (Å²) in [5.74, 6) is 0. The third kappa shape index (κ3) is 4.66. The van der Waals surface area contributed by atoms with Crippen molar-refractivity contribution in [3.63, 3.8) is 0 Å². The second kappa shape index (κ2) is 8.56. The van der Waals surface area contributed by atoms with Crippen LogP contribution in [-0.2, 0) is 27.4 Å². The quantitative estimate of drug-likeness (QED) is 0.841. The lowest BCUT2D eigenvalue weighted by atomic mass is 9.97. The summed E-state index contributed by atoms with van der Waals surface area (Å²) in [7, 11) is 0. The molecule has 0 radical (unpaired) electrons. The molecule has 1 saturated heterocycles. The number of hydrogen-bond donors (Lipinski definition) is 2. The summed E-state index contributed by atoms with van der Waals surface area (Å²) in [5, 5.41) is 10.0. The van der Waals surface area contributed by atoms with Gasteiger partial charge in [-0.1, -0.05) is 60.7 Å². The number of ether oxygens (including phenoxy) is 3. The van der Waals surface area contributed by atoms with Crippen LogP contribution in [0.15, 0.2) is 60.7 Å². The molecule has 1 fully saturated rings. The van der Waals surface area contributed by atoms with E-state index in [0.29, 0.717) is 13.2 Å². The molecule has 0 aliphatic carbocycles. The molecule has 5 heteroatoms. The topological polar surface area (TPSA) is 73.9 Å². The Bertz CT molecular complexity index is 637. The molecule has 134 valence electrons. The second-order valence-electron chi connectivity index (χ2n) is 6.33. The third-order valence-corrected chi connectivity index (χ3v) is 4.42. The molecule has 0 bridgehead atoms. The van der Waals surface area contributed by atoms with Crippen LogP contribution in [-0.4, -0.2) is 35.8 Å². The van der Waals surface area contributed by atoms with Gasteiger partial charge in [-0.2, -0.15) is 0 Å². The van der Waals surface area contributed by atoms with E-state index in [2.05, 4.69) is 0 Å².